The number of pyridine rings is 1. The molecule has 2 aromatic rings. The highest BCUT2D eigenvalue weighted by molar-refractivity contribution is 5.27. The SMILES string of the molecule is CC(NC(c1ccccc1)c1ccccn1)C1CC1. The molecule has 2 atom stereocenters. The fourth-order valence-corrected chi connectivity index (χ4v) is 2.54. The number of benzene rings is 1. The Morgan fingerprint density at radius 2 is 1.79 bits per heavy atom. The Hall–Kier alpha value is -1.67. The van der Waals surface area contributed by atoms with Crippen molar-refractivity contribution in [2.24, 2.45) is 5.92 Å². The van der Waals surface area contributed by atoms with Crippen LogP contribution in [0.3, 0.4) is 0 Å². The molecule has 3 rings (SSSR count). The van der Waals surface area contributed by atoms with E-state index >= 15 is 0 Å². The molecule has 0 bridgehead atoms. The Labute approximate surface area is 114 Å². The Kier molecular flexibility index (Phi) is 3.60. The van der Waals surface area contributed by atoms with Crippen LogP contribution < -0.4 is 5.32 Å². The monoisotopic (exact) mass is 252 g/mol. The Morgan fingerprint density at radius 1 is 1.05 bits per heavy atom. The van der Waals surface area contributed by atoms with Crippen molar-refractivity contribution in [2.45, 2.75) is 31.8 Å². The van der Waals surface area contributed by atoms with Crippen LogP contribution in [0.5, 0.6) is 0 Å². The molecule has 0 amide bonds. The number of aromatic nitrogens is 1. The third-order valence-corrected chi connectivity index (χ3v) is 3.88. The lowest BCUT2D eigenvalue weighted by atomic mass is 10.0. The summed E-state index contributed by atoms with van der Waals surface area (Å²) in [5.74, 6) is 0.843. The number of nitrogens with zero attached hydrogens (tertiary/aromatic N) is 1. The van der Waals surface area contributed by atoms with Crippen molar-refractivity contribution in [3.05, 3.63) is 66.0 Å². The lowest BCUT2D eigenvalue weighted by Gasteiger charge is -2.23. The Morgan fingerprint density at radius 3 is 2.42 bits per heavy atom. The average molecular weight is 252 g/mol. The van der Waals surface area contributed by atoms with Gasteiger partial charge in [-0.25, -0.2) is 0 Å². The second-order valence-electron chi connectivity index (χ2n) is 5.39. The molecule has 1 saturated carbocycles. The molecule has 0 radical (unpaired) electrons. The van der Waals surface area contributed by atoms with Crippen LogP contribution in [0.15, 0.2) is 54.7 Å². The van der Waals surface area contributed by atoms with Gasteiger partial charge in [0.25, 0.3) is 0 Å². The van der Waals surface area contributed by atoms with Gasteiger partial charge in [-0.05, 0) is 43.4 Å². The predicted octanol–water partition coefficient (Wildman–Crippen LogP) is 3.56. The van der Waals surface area contributed by atoms with E-state index in [1.165, 1.54) is 18.4 Å². The summed E-state index contributed by atoms with van der Waals surface area (Å²) in [6.45, 7) is 2.29. The van der Waals surface area contributed by atoms with Gasteiger partial charge in [0.15, 0.2) is 0 Å². The summed E-state index contributed by atoms with van der Waals surface area (Å²) in [5, 5.41) is 3.75. The minimum Gasteiger partial charge on any atom is -0.302 e. The van der Waals surface area contributed by atoms with Crippen molar-refractivity contribution in [3.8, 4) is 0 Å². The van der Waals surface area contributed by atoms with Crippen LogP contribution in [0.2, 0.25) is 0 Å². The van der Waals surface area contributed by atoms with Crippen LogP contribution in [0.4, 0.5) is 0 Å². The molecule has 0 spiro atoms. The van der Waals surface area contributed by atoms with Gasteiger partial charge in [0, 0.05) is 12.2 Å². The molecule has 2 heteroatoms. The number of rotatable bonds is 5. The molecule has 2 nitrogen and oxygen atoms in total. The maximum Gasteiger partial charge on any atom is 0.0753 e. The van der Waals surface area contributed by atoms with E-state index in [0.29, 0.717) is 6.04 Å². The van der Waals surface area contributed by atoms with Gasteiger partial charge in [-0.1, -0.05) is 36.4 Å². The van der Waals surface area contributed by atoms with E-state index in [1.54, 1.807) is 0 Å². The van der Waals surface area contributed by atoms with Crippen LogP contribution in [0, 0.1) is 5.92 Å². The maximum absolute atomic E-state index is 4.53. The van der Waals surface area contributed by atoms with Gasteiger partial charge in [0.05, 0.1) is 11.7 Å². The van der Waals surface area contributed by atoms with E-state index in [-0.39, 0.29) is 6.04 Å². The predicted molar refractivity (Wildman–Crippen MR) is 77.8 cm³/mol. The molecule has 2 unspecified atom stereocenters. The van der Waals surface area contributed by atoms with Crippen molar-refractivity contribution in [2.75, 3.05) is 0 Å². The van der Waals surface area contributed by atoms with Crippen LogP contribution >= 0.6 is 0 Å². The van der Waals surface area contributed by atoms with Crippen LogP contribution in [0.1, 0.15) is 37.1 Å². The third kappa shape index (κ3) is 3.02. The first-order valence-corrected chi connectivity index (χ1v) is 7.06. The van der Waals surface area contributed by atoms with Crippen molar-refractivity contribution in [1.29, 1.82) is 0 Å². The highest BCUT2D eigenvalue weighted by Gasteiger charge is 2.30. The van der Waals surface area contributed by atoms with E-state index in [4.69, 9.17) is 0 Å². The molecule has 19 heavy (non-hydrogen) atoms. The van der Waals surface area contributed by atoms with Gasteiger partial charge in [0.2, 0.25) is 0 Å². The van der Waals surface area contributed by atoms with Gasteiger partial charge in [-0.2, -0.15) is 0 Å². The highest BCUT2D eigenvalue weighted by Crippen LogP contribution is 2.34. The third-order valence-electron chi connectivity index (χ3n) is 3.88. The average Bonchev–Trinajstić information content (AvgIpc) is 3.31. The van der Waals surface area contributed by atoms with E-state index in [9.17, 15) is 0 Å². The molecular formula is C17H20N2. The molecular weight excluding hydrogens is 232 g/mol. The second-order valence-corrected chi connectivity index (χ2v) is 5.39. The molecule has 1 aliphatic carbocycles. The molecule has 0 saturated heterocycles. The van der Waals surface area contributed by atoms with Crippen LogP contribution in [-0.2, 0) is 0 Å². The smallest absolute Gasteiger partial charge is 0.0753 e. The normalized spacial score (nSPS) is 17.9. The highest BCUT2D eigenvalue weighted by atomic mass is 15.0. The molecule has 1 aromatic heterocycles. The largest absolute Gasteiger partial charge is 0.302 e. The van der Waals surface area contributed by atoms with Crippen molar-refractivity contribution >= 4 is 0 Å². The van der Waals surface area contributed by atoms with E-state index in [2.05, 4.69) is 59.7 Å². The first-order chi connectivity index (χ1) is 9.34. The molecule has 1 N–H and O–H groups in total. The summed E-state index contributed by atoms with van der Waals surface area (Å²) < 4.78 is 0. The summed E-state index contributed by atoms with van der Waals surface area (Å²) in [5.41, 5.74) is 2.38. The molecule has 1 fully saturated rings. The van der Waals surface area contributed by atoms with Gasteiger partial charge >= 0.3 is 0 Å². The van der Waals surface area contributed by atoms with Crippen molar-refractivity contribution in [3.63, 3.8) is 0 Å². The van der Waals surface area contributed by atoms with E-state index in [0.717, 1.165) is 11.6 Å². The van der Waals surface area contributed by atoms with E-state index in [1.807, 2.05) is 12.3 Å². The summed E-state index contributed by atoms with van der Waals surface area (Å²) in [7, 11) is 0. The molecule has 98 valence electrons. The molecule has 1 aliphatic rings. The molecule has 1 aromatic carbocycles. The van der Waals surface area contributed by atoms with Crippen LogP contribution in [-0.4, -0.2) is 11.0 Å². The summed E-state index contributed by atoms with van der Waals surface area (Å²) in [4.78, 5) is 4.53. The topological polar surface area (TPSA) is 24.9 Å². The van der Waals surface area contributed by atoms with Crippen LogP contribution in [0.25, 0.3) is 0 Å². The van der Waals surface area contributed by atoms with Gasteiger partial charge in [0.1, 0.15) is 0 Å². The fourth-order valence-electron chi connectivity index (χ4n) is 2.54. The Bertz CT molecular complexity index is 466. The zero-order valence-corrected chi connectivity index (χ0v) is 11.3. The number of nitrogens with one attached hydrogen (secondary N) is 1. The first kappa shape index (κ1) is 12.4. The standard InChI is InChI=1S/C17H20N2/c1-13(14-10-11-14)19-17(15-7-3-2-4-8-15)16-9-5-6-12-18-16/h2-9,12-14,17,19H,10-11H2,1H3. The lowest BCUT2D eigenvalue weighted by Crippen LogP contribution is -2.33. The fraction of sp³-hybridized carbons (Fsp3) is 0.353. The minimum atomic E-state index is 0.193. The lowest BCUT2D eigenvalue weighted by molar-refractivity contribution is 0.452. The first-order valence-electron chi connectivity index (χ1n) is 7.06. The van der Waals surface area contributed by atoms with Crippen molar-refractivity contribution < 1.29 is 0 Å². The van der Waals surface area contributed by atoms with E-state index < -0.39 is 0 Å². The van der Waals surface area contributed by atoms with Gasteiger partial charge in [-0.15, -0.1) is 0 Å². The summed E-state index contributed by atoms with van der Waals surface area (Å²) >= 11 is 0. The van der Waals surface area contributed by atoms with Gasteiger partial charge in [-0.3, -0.25) is 4.98 Å². The maximum atomic E-state index is 4.53. The number of hydrogen-bond donors (Lipinski definition) is 1. The molecule has 1 heterocycles. The number of hydrogen-bond acceptors (Lipinski definition) is 2. The minimum absolute atomic E-state index is 0.193. The zero-order chi connectivity index (χ0) is 13.1. The van der Waals surface area contributed by atoms with Gasteiger partial charge < -0.3 is 5.32 Å². The quantitative estimate of drug-likeness (QED) is 0.880. The molecule has 0 aliphatic heterocycles. The Balaban J connectivity index is 1.87. The zero-order valence-electron chi connectivity index (χ0n) is 11.3. The summed E-state index contributed by atoms with van der Waals surface area (Å²) in [6, 6.07) is 17.5. The summed E-state index contributed by atoms with van der Waals surface area (Å²) in [6.07, 6.45) is 4.59. The van der Waals surface area contributed by atoms with Crippen molar-refractivity contribution in [1.82, 2.24) is 10.3 Å². The second kappa shape index (κ2) is 5.54.